The zero-order valence-electron chi connectivity index (χ0n) is 14.8. The highest BCUT2D eigenvalue weighted by Crippen LogP contribution is 2.25. The number of nitrogens with zero attached hydrogens (tertiary/aromatic N) is 4. The van der Waals surface area contributed by atoms with Gasteiger partial charge in [-0.3, -0.25) is 0 Å². The van der Waals surface area contributed by atoms with E-state index >= 15 is 0 Å². The lowest BCUT2D eigenvalue weighted by Gasteiger charge is -2.27. The second-order valence-electron chi connectivity index (χ2n) is 6.32. The molecule has 0 saturated carbocycles. The Morgan fingerprint density at radius 2 is 2.12 bits per heavy atom. The quantitative estimate of drug-likeness (QED) is 0.861. The van der Waals surface area contributed by atoms with Gasteiger partial charge in [0.25, 0.3) is 0 Å². The van der Waals surface area contributed by atoms with Crippen LogP contribution in [0.4, 0.5) is 17.5 Å². The van der Waals surface area contributed by atoms with Gasteiger partial charge in [-0.25, -0.2) is 13.4 Å². The molecule has 0 spiro atoms. The molecule has 1 aromatic carbocycles. The number of nitrogens with one attached hydrogen (secondary N) is 1. The second kappa shape index (κ2) is 7.30. The van der Waals surface area contributed by atoms with Gasteiger partial charge in [0.2, 0.25) is 5.95 Å². The first kappa shape index (κ1) is 18.1. The van der Waals surface area contributed by atoms with E-state index in [1.807, 2.05) is 30.9 Å². The Balaban J connectivity index is 1.91. The van der Waals surface area contributed by atoms with Crippen LogP contribution in [0.15, 0.2) is 30.3 Å². The molecule has 0 aliphatic carbocycles. The topological polar surface area (TPSA) is 99.0 Å². The molecule has 0 bridgehead atoms. The van der Waals surface area contributed by atoms with Crippen LogP contribution in [0.5, 0.6) is 0 Å². The third-order valence-corrected chi connectivity index (χ3v) is 6.15. The van der Waals surface area contributed by atoms with Crippen LogP contribution in [0, 0.1) is 18.3 Å². The average molecular weight is 371 g/mol. The number of hydrogen-bond acceptors (Lipinski definition) is 7. The van der Waals surface area contributed by atoms with E-state index in [-0.39, 0.29) is 17.5 Å². The molecule has 0 amide bonds. The zero-order valence-corrected chi connectivity index (χ0v) is 15.6. The molecule has 1 aliphatic heterocycles. The first-order valence-electron chi connectivity index (χ1n) is 8.51. The number of hydrogen-bond donors (Lipinski definition) is 1. The van der Waals surface area contributed by atoms with Gasteiger partial charge in [0.15, 0.2) is 9.84 Å². The molecule has 7 nitrogen and oxygen atoms in total. The number of benzene rings is 1. The van der Waals surface area contributed by atoms with Crippen LogP contribution in [0.25, 0.3) is 0 Å². The van der Waals surface area contributed by atoms with Crippen molar-refractivity contribution in [3.63, 3.8) is 0 Å². The van der Waals surface area contributed by atoms with Crippen LogP contribution in [-0.2, 0) is 9.84 Å². The van der Waals surface area contributed by atoms with Crippen LogP contribution < -0.4 is 10.2 Å². The third-order valence-electron chi connectivity index (χ3n) is 4.40. The first-order chi connectivity index (χ1) is 12.4. The highest BCUT2D eigenvalue weighted by atomic mass is 32.2. The molecule has 0 radical (unpaired) electrons. The highest BCUT2D eigenvalue weighted by Gasteiger charge is 2.33. The van der Waals surface area contributed by atoms with Gasteiger partial charge in [0.1, 0.15) is 11.9 Å². The van der Waals surface area contributed by atoms with Gasteiger partial charge < -0.3 is 10.2 Å². The summed E-state index contributed by atoms with van der Waals surface area (Å²) in [7, 11) is -2.99. The minimum atomic E-state index is -2.99. The number of nitriles is 1. The van der Waals surface area contributed by atoms with Crippen LogP contribution >= 0.6 is 0 Å². The number of para-hydroxylation sites is 1. The molecule has 8 heteroatoms. The van der Waals surface area contributed by atoms with Crippen molar-refractivity contribution in [1.82, 2.24) is 9.97 Å². The Labute approximate surface area is 153 Å². The fraction of sp³-hybridized carbons (Fsp3) is 0.389. The van der Waals surface area contributed by atoms with E-state index in [4.69, 9.17) is 0 Å². The highest BCUT2D eigenvalue weighted by molar-refractivity contribution is 7.91. The van der Waals surface area contributed by atoms with Gasteiger partial charge in [0, 0.05) is 24.3 Å². The van der Waals surface area contributed by atoms with Gasteiger partial charge in [0.05, 0.1) is 22.8 Å². The lowest BCUT2D eigenvalue weighted by molar-refractivity contribution is 0.599. The third kappa shape index (κ3) is 3.94. The van der Waals surface area contributed by atoms with Crippen molar-refractivity contribution in [3.8, 4) is 6.07 Å². The Bertz CT molecular complexity index is 952. The molecular weight excluding hydrogens is 350 g/mol. The van der Waals surface area contributed by atoms with Gasteiger partial charge in [-0.05, 0) is 32.4 Å². The van der Waals surface area contributed by atoms with E-state index in [1.165, 1.54) is 0 Å². The number of aryl methyl sites for hydroxylation is 1. The summed E-state index contributed by atoms with van der Waals surface area (Å²) in [5.41, 5.74) is 1.97. The summed E-state index contributed by atoms with van der Waals surface area (Å²) in [6, 6.07) is 11.1. The fourth-order valence-electron chi connectivity index (χ4n) is 3.16. The summed E-state index contributed by atoms with van der Waals surface area (Å²) in [5.74, 6) is 1.43. The van der Waals surface area contributed by atoms with Gasteiger partial charge in [-0.15, -0.1) is 0 Å². The molecule has 1 N–H and O–H groups in total. The molecule has 1 atom stereocenters. The molecule has 136 valence electrons. The monoisotopic (exact) mass is 371 g/mol. The van der Waals surface area contributed by atoms with Crippen molar-refractivity contribution < 1.29 is 8.42 Å². The molecule has 1 saturated heterocycles. The van der Waals surface area contributed by atoms with Crippen LogP contribution in [-0.4, -0.2) is 42.5 Å². The standard InChI is InChI=1S/C18H21N5O2S/c1-3-23(15-8-9-26(24,25)12-15)18-20-13(2)10-17(22-18)21-16-7-5-4-6-14(16)11-19/h4-7,10,15H,3,8-9,12H2,1-2H3,(H,20,21,22). The zero-order chi connectivity index (χ0) is 18.7. The summed E-state index contributed by atoms with van der Waals surface area (Å²) >= 11 is 0. The van der Waals surface area contributed by atoms with E-state index in [1.54, 1.807) is 18.2 Å². The number of anilines is 3. The van der Waals surface area contributed by atoms with Crippen molar-refractivity contribution in [2.24, 2.45) is 0 Å². The van der Waals surface area contributed by atoms with E-state index in [0.29, 0.717) is 36.0 Å². The smallest absolute Gasteiger partial charge is 0.227 e. The van der Waals surface area contributed by atoms with Gasteiger partial charge >= 0.3 is 0 Å². The van der Waals surface area contributed by atoms with Crippen molar-refractivity contribution in [2.45, 2.75) is 26.3 Å². The maximum Gasteiger partial charge on any atom is 0.227 e. The van der Waals surface area contributed by atoms with Crippen molar-refractivity contribution in [3.05, 3.63) is 41.6 Å². The average Bonchev–Trinajstić information content (AvgIpc) is 2.95. The molecule has 1 fully saturated rings. The summed E-state index contributed by atoms with van der Waals surface area (Å²) in [5, 5.41) is 12.4. The second-order valence-corrected chi connectivity index (χ2v) is 8.55. The largest absolute Gasteiger partial charge is 0.339 e. The number of rotatable bonds is 5. The molecule has 2 heterocycles. The molecule has 1 aliphatic rings. The van der Waals surface area contributed by atoms with Crippen molar-refractivity contribution in [2.75, 3.05) is 28.3 Å². The Morgan fingerprint density at radius 3 is 2.77 bits per heavy atom. The van der Waals surface area contributed by atoms with Crippen molar-refractivity contribution in [1.29, 1.82) is 5.26 Å². The summed E-state index contributed by atoms with van der Waals surface area (Å²) in [4.78, 5) is 11.0. The van der Waals surface area contributed by atoms with E-state index in [2.05, 4.69) is 21.4 Å². The van der Waals surface area contributed by atoms with E-state index < -0.39 is 9.84 Å². The molecule has 2 aromatic rings. The van der Waals surface area contributed by atoms with Gasteiger partial charge in [-0.2, -0.15) is 10.2 Å². The maximum atomic E-state index is 11.8. The van der Waals surface area contributed by atoms with Crippen LogP contribution in [0.3, 0.4) is 0 Å². The Kier molecular flexibility index (Phi) is 5.09. The maximum absolute atomic E-state index is 11.8. The predicted molar refractivity (Wildman–Crippen MR) is 101 cm³/mol. The molecular formula is C18H21N5O2S. The summed E-state index contributed by atoms with van der Waals surface area (Å²) in [6.45, 7) is 4.46. The Hall–Kier alpha value is -2.66. The molecule has 1 aromatic heterocycles. The molecule has 1 unspecified atom stereocenters. The normalized spacial score (nSPS) is 18.3. The van der Waals surface area contributed by atoms with Crippen LogP contribution in [0.2, 0.25) is 0 Å². The number of sulfone groups is 1. The fourth-order valence-corrected chi connectivity index (χ4v) is 4.89. The SMILES string of the molecule is CCN(c1nc(C)cc(Nc2ccccc2C#N)n1)C1CCS(=O)(=O)C1. The number of aromatic nitrogens is 2. The Morgan fingerprint density at radius 1 is 1.35 bits per heavy atom. The first-order valence-corrected chi connectivity index (χ1v) is 10.3. The molecule has 3 rings (SSSR count). The van der Waals surface area contributed by atoms with E-state index in [9.17, 15) is 13.7 Å². The van der Waals surface area contributed by atoms with E-state index in [0.717, 1.165) is 5.69 Å². The predicted octanol–water partition coefficient (Wildman–Crippen LogP) is 2.41. The van der Waals surface area contributed by atoms with Gasteiger partial charge in [-0.1, -0.05) is 12.1 Å². The lowest BCUT2D eigenvalue weighted by atomic mass is 10.2. The summed E-state index contributed by atoms with van der Waals surface area (Å²) < 4.78 is 23.7. The minimum absolute atomic E-state index is 0.106. The van der Waals surface area contributed by atoms with Crippen molar-refractivity contribution >= 4 is 27.3 Å². The lowest BCUT2D eigenvalue weighted by Crippen LogP contribution is -2.37. The van der Waals surface area contributed by atoms with Crippen LogP contribution in [0.1, 0.15) is 24.6 Å². The summed E-state index contributed by atoms with van der Waals surface area (Å²) in [6.07, 6.45) is 0.591. The molecule has 26 heavy (non-hydrogen) atoms. The minimum Gasteiger partial charge on any atom is -0.339 e.